The first-order valence-electron chi connectivity index (χ1n) is 8.31. The molecule has 1 N–H and O–H groups in total. The van der Waals surface area contributed by atoms with Crippen LogP contribution >= 0.6 is 0 Å². The smallest absolute Gasteiger partial charge is 0.127 e. The number of likely N-dealkylation sites (N-methyl/N-ethyl adjacent to an activating group) is 1. The molecule has 1 unspecified atom stereocenters. The summed E-state index contributed by atoms with van der Waals surface area (Å²) in [5.74, 6) is 0.890. The third-order valence-electron chi connectivity index (χ3n) is 4.73. The van der Waals surface area contributed by atoms with E-state index in [0.717, 1.165) is 42.1 Å². The van der Waals surface area contributed by atoms with Gasteiger partial charge in [0.1, 0.15) is 5.75 Å². The van der Waals surface area contributed by atoms with Crippen LogP contribution in [0.25, 0.3) is 22.0 Å². The Kier molecular flexibility index (Phi) is 4.00. The van der Waals surface area contributed by atoms with E-state index in [4.69, 9.17) is 9.47 Å². The molecule has 1 aromatic heterocycles. The zero-order chi connectivity index (χ0) is 16.5. The summed E-state index contributed by atoms with van der Waals surface area (Å²) >= 11 is 0. The summed E-state index contributed by atoms with van der Waals surface area (Å²) in [6, 6.07) is 14.8. The average Bonchev–Trinajstić information content (AvgIpc) is 3.09. The Labute approximate surface area is 142 Å². The van der Waals surface area contributed by atoms with Gasteiger partial charge >= 0.3 is 0 Å². The highest BCUT2D eigenvalue weighted by Gasteiger charge is 2.20. The van der Waals surface area contributed by atoms with E-state index in [1.54, 1.807) is 7.11 Å². The number of H-pyrrole nitrogens is 1. The van der Waals surface area contributed by atoms with Crippen molar-refractivity contribution in [2.45, 2.75) is 6.10 Å². The van der Waals surface area contributed by atoms with E-state index in [9.17, 15) is 0 Å². The Balaban J connectivity index is 1.80. The highest BCUT2D eigenvalue weighted by molar-refractivity contribution is 5.98. The van der Waals surface area contributed by atoms with Gasteiger partial charge in [0.05, 0.1) is 19.8 Å². The number of nitrogens with zero attached hydrogens (tertiary/aromatic N) is 1. The zero-order valence-electron chi connectivity index (χ0n) is 14.1. The molecule has 4 rings (SSSR count). The predicted molar refractivity (Wildman–Crippen MR) is 96.5 cm³/mol. The van der Waals surface area contributed by atoms with Gasteiger partial charge in [0.25, 0.3) is 0 Å². The van der Waals surface area contributed by atoms with E-state index in [1.165, 1.54) is 10.9 Å². The fourth-order valence-electron chi connectivity index (χ4n) is 3.46. The first-order chi connectivity index (χ1) is 11.8. The van der Waals surface area contributed by atoms with Crippen molar-refractivity contribution in [1.29, 1.82) is 0 Å². The van der Waals surface area contributed by atoms with Gasteiger partial charge in [-0.2, -0.15) is 0 Å². The summed E-state index contributed by atoms with van der Waals surface area (Å²) in [6.45, 7) is 2.70. The molecule has 1 aliphatic rings. The SMILES string of the molecule is COc1ccc2[nH]ccc2c1-c1cccc(C2CN(C)CCO2)c1. The predicted octanol–water partition coefficient (Wildman–Crippen LogP) is 3.85. The van der Waals surface area contributed by atoms with Crippen LogP contribution < -0.4 is 4.74 Å². The Hall–Kier alpha value is -2.30. The molecule has 0 amide bonds. The van der Waals surface area contributed by atoms with Crippen molar-refractivity contribution in [3.8, 4) is 16.9 Å². The number of aromatic nitrogens is 1. The minimum atomic E-state index is 0.125. The van der Waals surface area contributed by atoms with Gasteiger partial charge in [-0.05, 0) is 42.4 Å². The van der Waals surface area contributed by atoms with E-state index in [2.05, 4.69) is 53.3 Å². The van der Waals surface area contributed by atoms with Crippen molar-refractivity contribution in [2.75, 3.05) is 33.9 Å². The van der Waals surface area contributed by atoms with Gasteiger partial charge in [0.2, 0.25) is 0 Å². The molecule has 24 heavy (non-hydrogen) atoms. The summed E-state index contributed by atoms with van der Waals surface area (Å²) in [4.78, 5) is 5.59. The molecule has 0 spiro atoms. The molecule has 4 nitrogen and oxygen atoms in total. The zero-order valence-corrected chi connectivity index (χ0v) is 14.1. The third kappa shape index (κ3) is 2.68. The lowest BCUT2D eigenvalue weighted by atomic mass is 9.97. The van der Waals surface area contributed by atoms with Gasteiger partial charge in [-0.25, -0.2) is 0 Å². The molecule has 1 aliphatic heterocycles. The minimum absolute atomic E-state index is 0.125. The number of hydrogen-bond donors (Lipinski definition) is 1. The van der Waals surface area contributed by atoms with Crippen LogP contribution in [-0.2, 0) is 4.74 Å². The van der Waals surface area contributed by atoms with Gasteiger partial charge in [0.15, 0.2) is 0 Å². The lowest BCUT2D eigenvalue weighted by molar-refractivity contribution is -0.0208. The quantitative estimate of drug-likeness (QED) is 0.796. The summed E-state index contributed by atoms with van der Waals surface area (Å²) in [5, 5.41) is 1.17. The highest BCUT2D eigenvalue weighted by Crippen LogP contribution is 2.38. The fraction of sp³-hybridized carbons (Fsp3) is 0.300. The molecule has 2 aromatic carbocycles. The van der Waals surface area contributed by atoms with Gasteiger partial charge in [-0.15, -0.1) is 0 Å². The molecular formula is C20H22N2O2. The molecule has 1 saturated heterocycles. The van der Waals surface area contributed by atoms with Gasteiger partial charge in [0, 0.05) is 35.8 Å². The number of hydrogen-bond acceptors (Lipinski definition) is 3. The van der Waals surface area contributed by atoms with Crippen molar-refractivity contribution in [2.24, 2.45) is 0 Å². The van der Waals surface area contributed by atoms with Crippen LogP contribution in [-0.4, -0.2) is 43.7 Å². The van der Waals surface area contributed by atoms with Crippen LogP contribution in [0, 0.1) is 0 Å². The van der Waals surface area contributed by atoms with E-state index < -0.39 is 0 Å². The van der Waals surface area contributed by atoms with Crippen molar-refractivity contribution in [3.05, 3.63) is 54.2 Å². The molecule has 3 aromatic rings. The number of nitrogens with one attached hydrogen (secondary N) is 1. The second kappa shape index (κ2) is 6.30. The van der Waals surface area contributed by atoms with Crippen LogP contribution in [0.15, 0.2) is 48.7 Å². The minimum Gasteiger partial charge on any atom is -0.496 e. The number of ether oxygens (including phenoxy) is 2. The number of aromatic amines is 1. The Morgan fingerprint density at radius 3 is 2.96 bits per heavy atom. The molecule has 1 fully saturated rings. The summed E-state index contributed by atoms with van der Waals surface area (Å²) in [5.41, 5.74) is 4.62. The Morgan fingerprint density at radius 1 is 1.21 bits per heavy atom. The van der Waals surface area contributed by atoms with E-state index in [0.29, 0.717) is 0 Å². The van der Waals surface area contributed by atoms with Crippen molar-refractivity contribution >= 4 is 10.9 Å². The molecule has 0 aliphatic carbocycles. The molecule has 0 saturated carbocycles. The fourth-order valence-corrected chi connectivity index (χ4v) is 3.46. The lowest BCUT2D eigenvalue weighted by Crippen LogP contribution is -2.35. The van der Waals surface area contributed by atoms with Crippen LogP contribution in [0.2, 0.25) is 0 Å². The van der Waals surface area contributed by atoms with Crippen molar-refractivity contribution in [1.82, 2.24) is 9.88 Å². The number of morpholine rings is 1. The normalized spacial score (nSPS) is 18.8. The highest BCUT2D eigenvalue weighted by atomic mass is 16.5. The summed E-state index contributed by atoms with van der Waals surface area (Å²) in [7, 11) is 3.86. The average molecular weight is 322 g/mol. The Bertz CT molecular complexity index is 856. The van der Waals surface area contributed by atoms with Crippen LogP contribution in [0.4, 0.5) is 0 Å². The lowest BCUT2D eigenvalue weighted by Gasteiger charge is -2.30. The maximum Gasteiger partial charge on any atom is 0.127 e. The largest absolute Gasteiger partial charge is 0.496 e. The number of fused-ring (bicyclic) bond motifs is 1. The van der Waals surface area contributed by atoms with E-state index in [1.807, 2.05) is 12.3 Å². The molecule has 124 valence electrons. The summed E-state index contributed by atoms with van der Waals surface area (Å²) in [6.07, 6.45) is 2.09. The van der Waals surface area contributed by atoms with Gasteiger partial charge < -0.3 is 19.4 Å². The molecular weight excluding hydrogens is 300 g/mol. The Morgan fingerprint density at radius 2 is 2.12 bits per heavy atom. The molecule has 1 atom stereocenters. The van der Waals surface area contributed by atoms with Crippen LogP contribution in [0.1, 0.15) is 11.7 Å². The van der Waals surface area contributed by atoms with E-state index in [-0.39, 0.29) is 6.10 Å². The first-order valence-corrected chi connectivity index (χ1v) is 8.31. The standard InChI is InChI=1S/C20H22N2O2/c1-22-10-11-24-19(13-22)14-4-3-5-15(12-14)20-16-8-9-21-17(16)6-7-18(20)23-2/h3-9,12,19,21H,10-11,13H2,1-2H3. The number of rotatable bonds is 3. The number of benzene rings is 2. The molecule has 0 bridgehead atoms. The van der Waals surface area contributed by atoms with Crippen LogP contribution in [0.3, 0.4) is 0 Å². The number of methoxy groups -OCH3 is 1. The molecule has 2 heterocycles. The van der Waals surface area contributed by atoms with E-state index >= 15 is 0 Å². The molecule has 4 heteroatoms. The second-order valence-electron chi connectivity index (χ2n) is 6.33. The third-order valence-corrected chi connectivity index (χ3v) is 4.73. The monoisotopic (exact) mass is 322 g/mol. The maximum absolute atomic E-state index is 5.98. The maximum atomic E-state index is 5.98. The van der Waals surface area contributed by atoms with Gasteiger partial charge in [-0.1, -0.05) is 18.2 Å². The topological polar surface area (TPSA) is 37.5 Å². The van der Waals surface area contributed by atoms with Gasteiger partial charge in [-0.3, -0.25) is 0 Å². The van der Waals surface area contributed by atoms with Crippen LogP contribution in [0.5, 0.6) is 5.75 Å². The first kappa shape index (κ1) is 15.2. The summed E-state index contributed by atoms with van der Waals surface area (Å²) < 4.78 is 11.6. The van der Waals surface area contributed by atoms with Crippen molar-refractivity contribution in [3.63, 3.8) is 0 Å². The molecule has 0 radical (unpaired) electrons. The second-order valence-corrected chi connectivity index (χ2v) is 6.33. The van der Waals surface area contributed by atoms with Crippen molar-refractivity contribution < 1.29 is 9.47 Å².